The minimum atomic E-state index is 0. The summed E-state index contributed by atoms with van der Waals surface area (Å²) in [5.41, 5.74) is 1.03. The fraction of sp³-hybridized carbons (Fsp3) is 0.778. The summed E-state index contributed by atoms with van der Waals surface area (Å²) < 4.78 is 11.6. The first kappa shape index (κ1) is 22.2. The van der Waals surface area contributed by atoms with Crippen molar-refractivity contribution in [3.05, 3.63) is 17.3 Å². The van der Waals surface area contributed by atoms with Crippen LogP contribution in [0.15, 0.2) is 9.41 Å². The lowest BCUT2D eigenvalue weighted by Crippen LogP contribution is -2.63. The van der Waals surface area contributed by atoms with Gasteiger partial charge in [0.2, 0.25) is 5.89 Å². The molecule has 1 aromatic rings. The highest BCUT2D eigenvalue weighted by Gasteiger charge is 2.49. The third-order valence-corrected chi connectivity index (χ3v) is 5.01. The fourth-order valence-electron chi connectivity index (χ4n) is 2.92. The molecule has 1 heterocycles. The van der Waals surface area contributed by atoms with Gasteiger partial charge < -0.3 is 19.8 Å². The molecule has 0 radical (unpaired) electrons. The van der Waals surface area contributed by atoms with Crippen molar-refractivity contribution in [1.82, 2.24) is 15.6 Å². The smallest absolute Gasteiger partial charge is 0.214 e. The number of nitrogens with zero attached hydrogens (tertiary/aromatic N) is 2. The van der Waals surface area contributed by atoms with Crippen LogP contribution in [0.25, 0.3) is 0 Å². The molecule has 0 bridgehead atoms. The van der Waals surface area contributed by atoms with E-state index in [0.29, 0.717) is 24.6 Å². The van der Waals surface area contributed by atoms with Crippen LogP contribution >= 0.6 is 24.0 Å². The molecule has 0 aliphatic heterocycles. The van der Waals surface area contributed by atoms with E-state index in [1.807, 2.05) is 13.8 Å². The Labute approximate surface area is 168 Å². The number of unbranched alkanes of at least 4 members (excludes halogenated alkanes) is 1. The monoisotopic (exact) mass is 464 g/mol. The minimum Gasteiger partial charge on any atom is -0.444 e. The van der Waals surface area contributed by atoms with Crippen LogP contribution in [0.4, 0.5) is 0 Å². The Kier molecular flexibility index (Phi) is 8.67. The summed E-state index contributed by atoms with van der Waals surface area (Å²) in [7, 11) is 1.78. The zero-order valence-corrected chi connectivity index (χ0v) is 18.6. The Morgan fingerprint density at radius 3 is 2.64 bits per heavy atom. The number of aromatic nitrogens is 1. The standard InChI is InChI=1S/C18H32N4O2.HI/c1-7-8-9-23-15-10-14(18(15,4)5)22-17(19-6)20-11-16-21-12(2)13(3)24-16;/h14-15H,7-11H2,1-6H3,(H2,19,20,22);1H. The van der Waals surface area contributed by atoms with Crippen molar-refractivity contribution in [1.29, 1.82) is 0 Å². The first-order valence-electron chi connectivity index (χ1n) is 8.90. The largest absolute Gasteiger partial charge is 0.444 e. The van der Waals surface area contributed by atoms with Crippen LogP contribution in [0, 0.1) is 19.3 Å². The second kappa shape index (κ2) is 9.75. The average Bonchev–Trinajstić information content (AvgIpc) is 2.87. The van der Waals surface area contributed by atoms with Gasteiger partial charge in [-0.2, -0.15) is 0 Å². The van der Waals surface area contributed by atoms with Crippen molar-refractivity contribution in [3.8, 4) is 0 Å². The molecule has 2 rings (SSSR count). The predicted molar refractivity (Wildman–Crippen MR) is 112 cm³/mol. The lowest BCUT2D eigenvalue weighted by molar-refractivity contribution is -0.113. The lowest BCUT2D eigenvalue weighted by atomic mass is 9.64. The van der Waals surface area contributed by atoms with Gasteiger partial charge in [0.15, 0.2) is 5.96 Å². The molecular weight excluding hydrogens is 431 g/mol. The molecule has 7 heteroatoms. The van der Waals surface area contributed by atoms with Gasteiger partial charge in [0.25, 0.3) is 0 Å². The highest BCUT2D eigenvalue weighted by molar-refractivity contribution is 14.0. The molecule has 2 atom stereocenters. The third-order valence-electron chi connectivity index (χ3n) is 5.01. The number of oxazole rings is 1. The molecule has 1 aromatic heterocycles. The van der Waals surface area contributed by atoms with Crippen molar-refractivity contribution >= 4 is 29.9 Å². The van der Waals surface area contributed by atoms with E-state index in [0.717, 1.165) is 36.9 Å². The molecule has 1 saturated carbocycles. The molecule has 25 heavy (non-hydrogen) atoms. The van der Waals surface area contributed by atoms with E-state index < -0.39 is 0 Å². The summed E-state index contributed by atoms with van der Waals surface area (Å²) in [5, 5.41) is 6.77. The first-order chi connectivity index (χ1) is 11.4. The van der Waals surface area contributed by atoms with Gasteiger partial charge in [0.05, 0.1) is 18.3 Å². The number of rotatable bonds is 7. The quantitative estimate of drug-likeness (QED) is 0.280. The molecule has 2 N–H and O–H groups in total. The second-order valence-corrected chi connectivity index (χ2v) is 7.14. The van der Waals surface area contributed by atoms with Crippen LogP contribution in [0.3, 0.4) is 0 Å². The lowest BCUT2D eigenvalue weighted by Gasteiger charge is -2.52. The number of guanidine groups is 1. The summed E-state index contributed by atoms with van der Waals surface area (Å²) in [6.07, 6.45) is 3.62. The maximum Gasteiger partial charge on any atom is 0.214 e. The number of aliphatic imine (C=N–C) groups is 1. The third kappa shape index (κ3) is 5.57. The summed E-state index contributed by atoms with van der Waals surface area (Å²) in [6.45, 7) is 11.9. The Hall–Kier alpha value is -0.830. The summed E-state index contributed by atoms with van der Waals surface area (Å²) >= 11 is 0. The van der Waals surface area contributed by atoms with Crippen LogP contribution in [0.5, 0.6) is 0 Å². The van der Waals surface area contributed by atoms with Gasteiger partial charge in [-0.15, -0.1) is 24.0 Å². The Morgan fingerprint density at radius 1 is 1.40 bits per heavy atom. The Morgan fingerprint density at radius 2 is 2.12 bits per heavy atom. The molecule has 1 fully saturated rings. The predicted octanol–water partition coefficient (Wildman–Crippen LogP) is 3.56. The highest BCUT2D eigenvalue weighted by atomic mass is 127. The first-order valence-corrected chi connectivity index (χ1v) is 8.90. The maximum absolute atomic E-state index is 6.00. The average molecular weight is 464 g/mol. The molecule has 144 valence electrons. The molecule has 0 spiro atoms. The van der Waals surface area contributed by atoms with Crippen molar-refractivity contribution in [2.45, 2.75) is 72.6 Å². The van der Waals surface area contributed by atoms with Crippen LogP contribution in [-0.4, -0.2) is 36.7 Å². The summed E-state index contributed by atoms with van der Waals surface area (Å²) in [6, 6.07) is 0.350. The molecule has 1 aliphatic rings. The molecule has 2 unspecified atom stereocenters. The van der Waals surface area contributed by atoms with Gasteiger partial charge in [0, 0.05) is 25.1 Å². The van der Waals surface area contributed by atoms with Crippen molar-refractivity contribution in [2.24, 2.45) is 10.4 Å². The summed E-state index contributed by atoms with van der Waals surface area (Å²) in [4.78, 5) is 8.68. The Balaban J connectivity index is 0.00000312. The number of hydrogen-bond donors (Lipinski definition) is 2. The molecule has 0 aromatic carbocycles. The minimum absolute atomic E-state index is 0. The summed E-state index contributed by atoms with van der Waals surface area (Å²) in [5.74, 6) is 2.32. The van der Waals surface area contributed by atoms with E-state index in [9.17, 15) is 0 Å². The Bertz CT molecular complexity index is 552. The van der Waals surface area contributed by atoms with Gasteiger partial charge in [-0.3, -0.25) is 4.99 Å². The highest BCUT2D eigenvalue weighted by Crippen LogP contribution is 2.42. The number of hydrogen-bond acceptors (Lipinski definition) is 4. The van der Waals surface area contributed by atoms with Crippen LogP contribution < -0.4 is 10.6 Å². The van der Waals surface area contributed by atoms with E-state index in [1.165, 1.54) is 6.42 Å². The number of nitrogens with one attached hydrogen (secondary N) is 2. The van der Waals surface area contributed by atoms with Crippen molar-refractivity contribution < 1.29 is 9.15 Å². The van der Waals surface area contributed by atoms with E-state index in [1.54, 1.807) is 7.05 Å². The van der Waals surface area contributed by atoms with Gasteiger partial charge in [-0.25, -0.2) is 4.98 Å². The molecule has 0 amide bonds. The van der Waals surface area contributed by atoms with Gasteiger partial charge in [-0.05, 0) is 26.7 Å². The number of ether oxygens (including phenoxy) is 1. The van der Waals surface area contributed by atoms with Gasteiger partial charge in [0.1, 0.15) is 5.76 Å². The van der Waals surface area contributed by atoms with E-state index in [-0.39, 0.29) is 29.4 Å². The van der Waals surface area contributed by atoms with Gasteiger partial charge in [-0.1, -0.05) is 27.2 Å². The fourth-order valence-corrected chi connectivity index (χ4v) is 2.92. The molecular formula is C18H33IN4O2. The van der Waals surface area contributed by atoms with Crippen LogP contribution in [0.2, 0.25) is 0 Å². The second-order valence-electron chi connectivity index (χ2n) is 7.14. The van der Waals surface area contributed by atoms with Crippen LogP contribution in [-0.2, 0) is 11.3 Å². The zero-order chi connectivity index (χ0) is 17.7. The van der Waals surface area contributed by atoms with Gasteiger partial charge >= 0.3 is 0 Å². The normalized spacial score (nSPS) is 22.1. The number of halogens is 1. The molecule has 0 saturated heterocycles. The SMILES string of the molecule is CCCCOC1CC(NC(=NC)NCc2nc(C)c(C)o2)C1(C)C.I. The van der Waals surface area contributed by atoms with Crippen molar-refractivity contribution in [2.75, 3.05) is 13.7 Å². The molecule has 1 aliphatic carbocycles. The van der Waals surface area contributed by atoms with E-state index in [4.69, 9.17) is 9.15 Å². The molecule has 6 nitrogen and oxygen atoms in total. The van der Waals surface area contributed by atoms with Crippen LogP contribution in [0.1, 0.15) is 57.4 Å². The number of aryl methyl sites for hydroxylation is 2. The topological polar surface area (TPSA) is 71.7 Å². The zero-order valence-electron chi connectivity index (χ0n) is 16.3. The van der Waals surface area contributed by atoms with E-state index >= 15 is 0 Å². The maximum atomic E-state index is 6.00. The van der Waals surface area contributed by atoms with E-state index in [2.05, 4.69) is 41.4 Å². The van der Waals surface area contributed by atoms with Crippen molar-refractivity contribution in [3.63, 3.8) is 0 Å².